The molecular weight excluding hydrogens is 767 g/mol. The highest BCUT2D eigenvalue weighted by Gasteiger charge is 2.33. The lowest BCUT2D eigenvalue weighted by Crippen LogP contribution is -2.53. The molecule has 0 saturated carbocycles. The largest absolute Gasteiger partial charge is 0.371 e. The average molecular weight is 827 g/mol. The Balaban J connectivity index is 0.865. The topological polar surface area (TPSA) is 80.1 Å². The molecular formula is C49H60F2N10. The van der Waals surface area contributed by atoms with Crippen LogP contribution in [0.4, 0.5) is 31.5 Å². The van der Waals surface area contributed by atoms with E-state index in [1.54, 1.807) is 0 Å². The molecule has 4 aromatic rings. The van der Waals surface area contributed by atoms with Gasteiger partial charge in [-0.05, 0) is 99.7 Å². The number of rotatable bonds is 5. The molecule has 2 aromatic carbocycles. The Labute approximate surface area is 359 Å². The maximum Gasteiger partial charge on any atom is 0.208 e. The van der Waals surface area contributed by atoms with Gasteiger partial charge < -0.3 is 25.3 Å². The molecule has 2 bridgehead atoms. The molecule has 2 atom stereocenters. The number of piperazine rings is 1. The zero-order valence-electron chi connectivity index (χ0n) is 36.1. The van der Waals surface area contributed by atoms with E-state index in [1.165, 1.54) is 23.5 Å². The molecule has 10 nitrogen and oxygen atoms in total. The monoisotopic (exact) mass is 826 g/mol. The highest BCUT2D eigenvalue weighted by Crippen LogP contribution is 2.40. The molecule has 0 amide bonds. The SMILES string of the molecule is C=C1CCC(c2c(F)cc(N3CCC(N4CCN(c5ccc6c(c5)N5C[C@H](C)CCCCc7c(cnn7C)-c7cc(cc(CC)n7)C(=C)/N=C/5N6)CC4)CC3)cc2F)C(=C)N1. The number of anilines is 4. The second kappa shape index (κ2) is 17.1. The maximum atomic E-state index is 15.5. The van der Waals surface area contributed by atoms with Gasteiger partial charge in [0, 0.05) is 116 Å². The van der Waals surface area contributed by atoms with Crippen molar-refractivity contribution in [2.24, 2.45) is 18.0 Å². The number of hydrogen-bond acceptors (Lipinski definition) is 9. The fourth-order valence-electron chi connectivity index (χ4n) is 10.2. The van der Waals surface area contributed by atoms with Gasteiger partial charge >= 0.3 is 0 Å². The number of nitrogens with one attached hydrogen (secondary N) is 2. The standard InChI is InChI=1S/C49H60F2N10/c1-7-36-24-35-25-45(55-36)41-29-52-57(6)46(41)11-9-8-10-31(2)30-61-47-28-38(13-15-44(47)56-49(61)54-33(35)4)60-22-20-59(21-23-60)37-16-18-58(19-17-37)39-26-42(50)48(43(51)27-39)40-14-12-32(3)53-34(40)5/h13,15,24-29,31,37,40,53H,3-5,7-12,14,16-23,30H2,1-2,6H3,(H,54,56)/t31-,40?/m1/s1. The quantitative estimate of drug-likeness (QED) is 0.206. The van der Waals surface area contributed by atoms with Crippen LogP contribution in [0.1, 0.15) is 87.2 Å². The highest BCUT2D eigenvalue weighted by atomic mass is 19.1. The molecule has 2 aromatic heterocycles. The van der Waals surface area contributed by atoms with Gasteiger partial charge in [-0.3, -0.25) is 14.6 Å². The average Bonchev–Trinajstić information content (AvgIpc) is 3.80. The second-order valence-corrected chi connectivity index (χ2v) is 17.8. The van der Waals surface area contributed by atoms with Gasteiger partial charge in [-0.25, -0.2) is 13.8 Å². The van der Waals surface area contributed by atoms with Gasteiger partial charge in [-0.1, -0.05) is 40.0 Å². The lowest BCUT2D eigenvalue weighted by molar-refractivity contribution is 0.160. The summed E-state index contributed by atoms with van der Waals surface area (Å²) in [7, 11) is 2.03. The Morgan fingerprint density at radius 3 is 2.31 bits per heavy atom. The van der Waals surface area contributed by atoms with Crippen LogP contribution in [-0.4, -0.2) is 77.5 Å². The van der Waals surface area contributed by atoms with Crippen LogP contribution in [0.2, 0.25) is 0 Å². The Bertz CT molecular complexity index is 2340. The van der Waals surface area contributed by atoms with Crippen molar-refractivity contribution in [3.63, 3.8) is 0 Å². The van der Waals surface area contributed by atoms with Crippen LogP contribution in [-0.2, 0) is 19.9 Å². The Morgan fingerprint density at radius 2 is 1.57 bits per heavy atom. The van der Waals surface area contributed by atoms with E-state index in [0.717, 1.165) is 136 Å². The predicted octanol–water partition coefficient (Wildman–Crippen LogP) is 9.23. The van der Waals surface area contributed by atoms with Gasteiger partial charge in [0.05, 0.1) is 29.0 Å². The van der Waals surface area contributed by atoms with Crippen LogP contribution in [0, 0.1) is 17.6 Å². The first-order valence-electron chi connectivity index (χ1n) is 22.4. The zero-order valence-corrected chi connectivity index (χ0v) is 36.1. The molecule has 0 aliphatic carbocycles. The van der Waals surface area contributed by atoms with Gasteiger partial charge in [0.2, 0.25) is 5.96 Å². The summed E-state index contributed by atoms with van der Waals surface area (Å²) < 4.78 is 33.0. The summed E-state index contributed by atoms with van der Waals surface area (Å²) in [6, 6.07) is 14.5. The Hall–Kier alpha value is -5.49. The van der Waals surface area contributed by atoms with E-state index in [9.17, 15) is 0 Å². The highest BCUT2D eigenvalue weighted by molar-refractivity contribution is 6.16. The van der Waals surface area contributed by atoms with Crippen LogP contribution in [0.25, 0.3) is 17.0 Å². The van der Waals surface area contributed by atoms with E-state index >= 15 is 8.78 Å². The lowest BCUT2D eigenvalue weighted by Gasteiger charge is -2.44. The number of guanidine groups is 1. The summed E-state index contributed by atoms with van der Waals surface area (Å²) in [5.41, 5.74) is 11.6. The first kappa shape index (κ1) is 40.9. The minimum atomic E-state index is -0.493. The summed E-state index contributed by atoms with van der Waals surface area (Å²) in [6.07, 6.45) is 10.3. The van der Waals surface area contributed by atoms with Gasteiger partial charge in [0.25, 0.3) is 0 Å². The van der Waals surface area contributed by atoms with Gasteiger partial charge in [0.1, 0.15) is 11.6 Å². The fourth-order valence-corrected chi connectivity index (χ4v) is 10.2. The Kier molecular flexibility index (Phi) is 11.5. The lowest BCUT2D eigenvalue weighted by atomic mass is 9.87. The maximum absolute atomic E-state index is 15.5. The van der Waals surface area contributed by atoms with Crippen molar-refractivity contribution >= 4 is 34.4 Å². The third-order valence-corrected chi connectivity index (χ3v) is 13.7. The Morgan fingerprint density at radius 1 is 0.820 bits per heavy atom. The van der Waals surface area contributed by atoms with E-state index in [2.05, 4.69) is 99.2 Å². The number of nitrogens with zero attached hydrogens (tertiary/aromatic N) is 8. The molecule has 1 unspecified atom stereocenters. The van der Waals surface area contributed by atoms with Crippen molar-refractivity contribution in [2.45, 2.75) is 83.6 Å². The number of aliphatic imine (C=N–C) groups is 1. The number of hydrogen-bond donors (Lipinski definition) is 2. The van der Waals surface area contributed by atoms with Crippen LogP contribution in [0.3, 0.4) is 0 Å². The number of halogens is 2. The number of allylic oxidation sites excluding steroid dienone is 2. The molecule has 12 heteroatoms. The minimum Gasteiger partial charge on any atom is -0.371 e. The van der Waals surface area contributed by atoms with E-state index in [1.807, 2.05) is 17.9 Å². The van der Waals surface area contributed by atoms with Crippen molar-refractivity contribution in [3.05, 3.63) is 114 Å². The molecule has 9 rings (SSSR count). The molecule has 61 heavy (non-hydrogen) atoms. The van der Waals surface area contributed by atoms with Crippen LogP contribution >= 0.6 is 0 Å². The summed E-state index contributed by atoms with van der Waals surface area (Å²) >= 11 is 0. The third-order valence-electron chi connectivity index (χ3n) is 13.7. The molecule has 2 N–H and O–H groups in total. The number of benzene rings is 2. The van der Waals surface area contributed by atoms with E-state index in [-0.39, 0.29) is 5.56 Å². The normalized spacial score (nSPS) is 22.7. The van der Waals surface area contributed by atoms with Crippen LogP contribution < -0.4 is 25.3 Å². The van der Waals surface area contributed by atoms with E-state index in [0.29, 0.717) is 41.9 Å². The van der Waals surface area contributed by atoms with Crippen molar-refractivity contribution in [2.75, 3.05) is 65.8 Å². The zero-order chi connectivity index (χ0) is 42.4. The molecule has 3 saturated heterocycles. The molecule has 5 aliphatic heterocycles. The summed E-state index contributed by atoms with van der Waals surface area (Å²) in [5, 5.41) is 11.4. The van der Waals surface area contributed by atoms with Crippen molar-refractivity contribution in [3.8, 4) is 11.3 Å². The summed E-state index contributed by atoms with van der Waals surface area (Å²) in [4.78, 5) is 19.9. The summed E-state index contributed by atoms with van der Waals surface area (Å²) in [5.74, 6) is -0.115. The van der Waals surface area contributed by atoms with E-state index in [4.69, 9.17) is 9.98 Å². The van der Waals surface area contributed by atoms with Gasteiger partial charge in [-0.15, -0.1) is 0 Å². The van der Waals surface area contributed by atoms with Crippen molar-refractivity contribution < 1.29 is 8.78 Å². The third kappa shape index (κ3) is 8.31. The van der Waals surface area contributed by atoms with Gasteiger partial charge in [-0.2, -0.15) is 5.10 Å². The van der Waals surface area contributed by atoms with Crippen LogP contribution in [0.15, 0.2) is 84.8 Å². The van der Waals surface area contributed by atoms with E-state index < -0.39 is 17.6 Å². The summed E-state index contributed by atoms with van der Waals surface area (Å²) in [6.45, 7) is 23.2. The first-order valence-corrected chi connectivity index (χ1v) is 22.4. The smallest absolute Gasteiger partial charge is 0.208 e. The molecule has 0 radical (unpaired) electrons. The molecule has 3 fully saturated rings. The molecule has 7 heterocycles. The molecule has 0 spiro atoms. The van der Waals surface area contributed by atoms with Crippen LogP contribution in [0.5, 0.6) is 0 Å². The molecule has 320 valence electrons. The van der Waals surface area contributed by atoms with Gasteiger partial charge in [0.15, 0.2) is 0 Å². The molecule has 5 aliphatic rings. The fraction of sp³-hybridized carbons (Fsp3) is 0.449. The number of fused-ring (bicyclic) bond motifs is 7. The number of pyridine rings is 1. The minimum absolute atomic E-state index is 0.110. The van der Waals surface area contributed by atoms with Crippen molar-refractivity contribution in [1.29, 1.82) is 0 Å². The number of piperidine rings is 2. The number of aryl methyl sites for hydroxylation is 2. The second-order valence-electron chi connectivity index (χ2n) is 17.8. The van der Waals surface area contributed by atoms with Crippen molar-refractivity contribution in [1.82, 2.24) is 25.0 Å². The number of aromatic nitrogens is 3. The first-order chi connectivity index (χ1) is 29.5. The predicted molar refractivity (Wildman–Crippen MR) is 245 cm³/mol.